The summed E-state index contributed by atoms with van der Waals surface area (Å²) >= 11 is 6.14. The second-order valence-corrected chi connectivity index (χ2v) is 10.7. The quantitative estimate of drug-likeness (QED) is 0.518. The number of nitrogens with two attached hydrogens (primary N) is 1. The van der Waals surface area contributed by atoms with Gasteiger partial charge in [0.1, 0.15) is 17.2 Å². The second kappa shape index (κ2) is 8.96. The Hall–Kier alpha value is -3.15. The van der Waals surface area contributed by atoms with Crippen molar-refractivity contribution in [3.8, 4) is 5.75 Å². The van der Waals surface area contributed by atoms with Crippen LogP contribution in [0.15, 0.2) is 36.4 Å². The predicted molar refractivity (Wildman–Crippen MR) is 134 cm³/mol. The van der Waals surface area contributed by atoms with E-state index < -0.39 is 24.0 Å². The molecule has 200 valence electrons. The summed E-state index contributed by atoms with van der Waals surface area (Å²) in [6.45, 7) is 1.70. The van der Waals surface area contributed by atoms with Crippen LogP contribution in [-0.4, -0.2) is 69.8 Å². The van der Waals surface area contributed by atoms with Gasteiger partial charge in [-0.15, -0.1) is 0 Å². The standard InChI is InChI=1S/C26H25ClF3N5O3/c27-16-2-4-21-15(9-16)11-25(38-21)5-7-34(8-6-25)19-12-35(13-20(19)36)23-17-10-14(22(31)37)1-3-18(17)32-24(33-23)26(28,29)30/h1-4,9-10,19-20,36H,5-8,11-13H2,(H2,31,37). The molecule has 1 amide bonds. The number of fused-ring (bicyclic) bond motifs is 2. The Morgan fingerprint density at radius 1 is 1.13 bits per heavy atom. The van der Waals surface area contributed by atoms with Crippen molar-refractivity contribution in [1.82, 2.24) is 14.9 Å². The molecular formula is C26H25ClF3N5O3. The number of piperidine rings is 1. The minimum atomic E-state index is -4.76. The molecule has 0 saturated carbocycles. The van der Waals surface area contributed by atoms with Crippen LogP contribution in [0, 0.1) is 0 Å². The maximum Gasteiger partial charge on any atom is 0.451 e. The number of hydrogen-bond donors (Lipinski definition) is 2. The van der Waals surface area contributed by atoms with Crippen molar-refractivity contribution in [3.05, 3.63) is 58.4 Å². The number of rotatable bonds is 3. The van der Waals surface area contributed by atoms with E-state index in [-0.39, 0.29) is 47.0 Å². The maximum absolute atomic E-state index is 13.6. The predicted octanol–water partition coefficient (Wildman–Crippen LogP) is 3.42. The van der Waals surface area contributed by atoms with Crippen LogP contribution >= 0.6 is 11.6 Å². The third-order valence-electron chi connectivity index (χ3n) is 7.81. The molecule has 3 aliphatic heterocycles. The van der Waals surface area contributed by atoms with Gasteiger partial charge < -0.3 is 20.5 Å². The number of amides is 1. The number of likely N-dealkylation sites (tertiary alicyclic amines) is 1. The summed E-state index contributed by atoms with van der Waals surface area (Å²) in [5, 5.41) is 11.9. The zero-order chi connectivity index (χ0) is 26.8. The van der Waals surface area contributed by atoms with Crippen LogP contribution in [0.4, 0.5) is 19.0 Å². The first-order chi connectivity index (χ1) is 18.0. The highest BCUT2D eigenvalue weighted by molar-refractivity contribution is 6.30. The summed E-state index contributed by atoms with van der Waals surface area (Å²) in [7, 11) is 0. The number of aliphatic hydroxyl groups is 1. The first-order valence-corrected chi connectivity index (χ1v) is 12.7. The number of halogens is 4. The van der Waals surface area contributed by atoms with E-state index in [1.165, 1.54) is 18.2 Å². The van der Waals surface area contributed by atoms with E-state index >= 15 is 0 Å². The molecule has 6 rings (SSSR count). The lowest BCUT2D eigenvalue weighted by Gasteiger charge is -2.41. The minimum absolute atomic E-state index is 0.0203. The van der Waals surface area contributed by atoms with Crippen molar-refractivity contribution in [2.45, 2.75) is 43.2 Å². The highest BCUT2D eigenvalue weighted by Gasteiger charge is 2.46. The Kier molecular flexibility index (Phi) is 5.93. The van der Waals surface area contributed by atoms with Crippen molar-refractivity contribution >= 4 is 34.2 Å². The molecule has 3 N–H and O–H groups in total. The van der Waals surface area contributed by atoms with E-state index in [0.717, 1.165) is 30.6 Å². The van der Waals surface area contributed by atoms with Gasteiger partial charge in [0, 0.05) is 61.4 Å². The SMILES string of the molecule is NC(=O)c1ccc2nc(C(F)(F)F)nc(N3CC(O)C(N4CCC5(CC4)Cc4cc(Cl)ccc4O5)C3)c2c1. The Balaban J connectivity index is 1.23. The molecular weight excluding hydrogens is 523 g/mol. The van der Waals surface area contributed by atoms with E-state index in [0.29, 0.717) is 18.1 Å². The summed E-state index contributed by atoms with van der Waals surface area (Å²) in [5.41, 5.74) is 6.35. The summed E-state index contributed by atoms with van der Waals surface area (Å²) < 4.78 is 47.1. The molecule has 2 atom stereocenters. The number of carbonyl (C=O) groups is 1. The van der Waals surface area contributed by atoms with E-state index in [1.54, 1.807) is 4.90 Å². The fraction of sp³-hybridized carbons (Fsp3) is 0.423. The van der Waals surface area contributed by atoms with Crippen LogP contribution in [0.3, 0.4) is 0 Å². The summed E-state index contributed by atoms with van der Waals surface area (Å²) in [6, 6.07) is 9.40. The molecule has 3 aromatic rings. The molecule has 0 radical (unpaired) electrons. The summed E-state index contributed by atoms with van der Waals surface area (Å²) in [5.74, 6) is -1.12. The van der Waals surface area contributed by atoms with Gasteiger partial charge in [-0.1, -0.05) is 11.6 Å². The number of aromatic nitrogens is 2. The van der Waals surface area contributed by atoms with Gasteiger partial charge in [0.25, 0.3) is 0 Å². The average Bonchev–Trinajstić information content (AvgIpc) is 3.42. The summed E-state index contributed by atoms with van der Waals surface area (Å²) in [4.78, 5) is 23.0. The van der Waals surface area contributed by atoms with Crippen molar-refractivity contribution in [3.63, 3.8) is 0 Å². The van der Waals surface area contributed by atoms with Crippen LogP contribution in [0.2, 0.25) is 5.02 Å². The number of nitrogens with zero attached hydrogens (tertiary/aromatic N) is 4. The monoisotopic (exact) mass is 547 g/mol. The Morgan fingerprint density at radius 3 is 2.61 bits per heavy atom. The molecule has 1 aromatic heterocycles. The van der Waals surface area contributed by atoms with Crippen LogP contribution in [-0.2, 0) is 12.6 Å². The minimum Gasteiger partial charge on any atom is -0.487 e. The number of benzene rings is 2. The first-order valence-electron chi connectivity index (χ1n) is 12.3. The van der Waals surface area contributed by atoms with Gasteiger partial charge in [-0.2, -0.15) is 13.2 Å². The number of hydrogen-bond acceptors (Lipinski definition) is 7. The zero-order valence-corrected chi connectivity index (χ0v) is 21.0. The molecule has 12 heteroatoms. The van der Waals surface area contributed by atoms with Gasteiger partial charge in [0.05, 0.1) is 17.7 Å². The molecule has 3 aliphatic rings. The first kappa shape index (κ1) is 25.1. The Bertz CT molecular complexity index is 1430. The number of aliphatic hydroxyl groups excluding tert-OH is 1. The van der Waals surface area contributed by atoms with E-state index in [4.69, 9.17) is 22.1 Å². The van der Waals surface area contributed by atoms with Crippen LogP contribution in [0.1, 0.15) is 34.6 Å². The van der Waals surface area contributed by atoms with Crippen molar-refractivity contribution in [1.29, 1.82) is 0 Å². The molecule has 2 aromatic carbocycles. The van der Waals surface area contributed by atoms with Crippen molar-refractivity contribution in [2.24, 2.45) is 5.73 Å². The van der Waals surface area contributed by atoms with Gasteiger partial charge in [0.2, 0.25) is 11.7 Å². The van der Waals surface area contributed by atoms with Crippen LogP contribution in [0.25, 0.3) is 10.9 Å². The maximum atomic E-state index is 13.6. The fourth-order valence-corrected chi connectivity index (χ4v) is 6.07. The molecule has 2 saturated heterocycles. The molecule has 0 aliphatic carbocycles. The van der Waals surface area contributed by atoms with Gasteiger partial charge in [-0.05, 0) is 42.0 Å². The number of primary amides is 1. The second-order valence-electron chi connectivity index (χ2n) is 10.3. The number of ether oxygens (including phenoxy) is 1. The largest absolute Gasteiger partial charge is 0.487 e. The van der Waals surface area contributed by atoms with Crippen molar-refractivity contribution in [2.75, 3.05) is 31.1 Å². The zero-order valence-electron chi connectivity index (χ0n) is 20.2. The van der Waals surface area contributed by atoms with E-state index in [9.17, 15) is 23.1 Å². The Morgan fingerprint density at radius 2 is 1.89 bits per heavy atom. The van der Waals surface area contributed by atoms with E-state index in [2.05, 4.69) is 14.9 Å². The summed E-state index contributed by atoms with van der Waals surface area (Å²) in [6.07, 6.45) is -3.29. The molecule has 4 heterocycles. The molecule has 0 bridgehead atoms. The lowest BCUT2D eigenvalue weighted by atomic mass is 9.86. The van der Waals surface area contributed by atoms with Gasteiger partial charge >= 0.3 is 6.18 Å². The average molecular weight is 548 g/mol. The normalized spacial score (nSPS) is 23.1. The van der Waals surface area contributed by atoms with Crippen molar-refractivity contribution < 1.29 is 27.8 Å². The third-order valence-corrected chi connectivity index (χ3v) is 8.05. The van der Waals surface area contributed by atoms with Crippen LogP contribution < -0.4 is 15.4 Å². The lowest BCUT2D eigenvalue weighted by molar-refractivity contribution is -0.144. The van der Waals surface area contributed by atoms with Gasteiger partial charge in [0.15, 0.2) is 0 Å². The lowest BCUT2D eigenvalue weighted by Crippen LogP contribution is -2.53. The fourth-order valence-electron chi connectivity index (χ4n) is 5.88. The molecule has 2 fully saturated rings. The number of carbonyl (C=O) groups excluding carboxylic acids is 1. The topological polar surface area (TPSA) is 105 Å². The van der Waals surface area contributed by atoms with E-state index in [1.807, 2.05) is 18.2 Å². The number of β-amino-alcohol motifs (C(OH)–C–C–N with tert-alkyl or cyclic N) is 1. The smallest absolute Gasteiger partial charge is 0.451 e. The highest BCUT2D eigenvalue weighted by Crippen LogP contribution is 2.43. The number of alkyl halides is 3. The molecule has 38 heavy (non-hydrogen) atoms. The van der Waals surface area contributed by atoms with Gasteiger partial charge in [-0.3, -0.25) is 9.69 Å². The molecule has 8 nitrogen and oxygen atoms in total. The third kappa shape index (κ3) is 4.42. The van der Waals surface area contributed by atoms with Gasteiger partial charge in [-0.25, -0.2) is 9.97 Å². The Labute approximate surface area is 221 Å². The van der Waals surface area contributed by atoms with Crippen LogP contribution in [0.5, 0.6) is 5.75 Å². The highest BCUT2D eigenvalue weighted by atomic mass is 35.5. The molecule has 2 unspecified atom stereocenters. The molecule has 1 spiro atoms. The number of anilines is 1.